The van der Waals surface area contributed by atoms with Crippen LogP contribution in [0.1, 0.15) is 16.7 Å². The summed E-state index contributed by atoms with van der Waals surface area (Å²) in [4.78, 5) is 0. The Morgan fingerprint density at radius 3 is 2.80 bits per heavy atom. The molecule has 0 atom stereocenters. The Hall–Kier alpha value is -1.61. The van der Waals surface area contributed by atoms with Gasteiger partial charge in [0.1, 0.15) is 0 Å². The minimum Gasteiger partial charge on any atom is -0.392 e. The van der Waals surface area contributed by atoms with Gasteiger partial charge >= 0.3 is 0 Å². The summed E-state index contributed by atoms with van der Waals surface area (Å²) in [6, 6.07) is 8.24. The smallest absolute Gasteiger partial charge is 0.0712 e. The number of aliphatic hydroxyl groups excluding tert-OH is 1. The summed E-state index contributed by atoms with van der Waals surface area (Å²) in [6.07, 6.45) is 3.56. The molecule has 78 valence electrons. The standard InChI is InChI=1S/C12H14N2O/c1-10-4-2-3-5-12(10)8-14-7-11(9-15)6-13-14/h2-7,15H,8-9H2,1H3. The van der Waals surface area contributed by atoms with Crippen molar-refractivity contribution >= 4 is 0 Å². The Morgan fingerprint density at radius 2 is 2.13 bits per heavy atom. The van der Waals surface area contributed by atoms with Crippen LogP contribution in [-0.2, 0) is 13.2 Å². The van der Waals surface area contributed by atoms with Gasteiger partial charge in [-0.25, -0.2) is 0 Å². The molecule has 1 aromatic heterocycles. The summed E-state index contributed by atoms with van der Waals surface area (Å²) in [6.45, 7) is 2.90. The number of hydrogen-bond donors (Lipinski definition) is 1. The highest BCUT2D eigenvalue weighted by atomic mass is 16.3. The molecule has 0 aliphatic carbocycles. The fraction of sp³-hybridized carbons (Fsp3) is 0.250. The zero-order valence-corrected chi connectivity index (χ0v) is 8.72. The van der Waals surface area contributed by atoms with E-state index in [9.17, 15) is 0 Å². The summed E-state index contributed by atoms with van der Waals surface area (Å²) in [5, 5.41) is 13.1. The van der Waals surface area contributed by atoms with Crippen molar-refractivity contribution in [3.63, 3.8) is 0 Å². The van der Waals surface area contributed by atoms with Gasteiger partial charge in [-0.3, -0.25) is 4.68 Å². The first-order valence-electron chi connectivity index (χ1n) is 4.96. The SMILES string of the molecule is Cc1ccccc1Cn1cc(CO)cn1. The normalized spacial score (nSPS) is 10.5. The molecule has 0 saturated heterocycles. The highest BCUT2D eigenvalue weighted by Crippen LogP contribution is 2.09. The Labute approximate surface area is 89.0 Å². The summed E-state index contributed by atoms with van der Waals surface area (Å²) in [7, 11) is 0. The van der Waals surface area contributed by atoms with Crippen LogP contribution in [0.5, 0.6) is 0 Å². The summed E-state index contributed by atoms with van der Waals surface area (Å²) >= 11 is 0. The maximum atomic E-state index is 8.92. The van der Waals surface area contributed by atoms with Crippen LogP contribution in [-0.4, -0.2) is 14.9 Å². The van der Waals surface area contributed by atoms with E-state index in [2.05, 4.69) is 24.2 Å². The van der Waals surface area contributed by atoms with E-state index in [1.54, 1.807) is 6.20 Å². The van der Waals surface area contributed by atoms with Crippen LogP contribution in [0.25, 0.3) is 0 Å². The fourth-order valence-electron chi connectivity index (χ4n) is 1.54. The minimum atomic E-state index is 0.0494. The number of aliphatic hydroxyl groups is 1. The van der Waals surface area contributed by atoms with Crippen LogP contribution >= 0.6 is 0 Å². The molecular weight excluding hydrogens is 188 g/mol. The van der Waals surface area contributed by atoms with E-state index in [0.717, 1.165) is 12.1 Å². The lowest BCUT2D eigenvalue weighted by Crippen LogP contribution is -2.01. The van der Waals surface area contributed by atoms with E-state index < -0.39 is 0 Å². The van der Waals surface area contributed by atoms with E-state index in [1.165, 1.54) is 11.1 Å². The predicted octanol–water partition coefficient (Wildman–Crippen LogP) is 1.73. The summed E-state index contributed by atoms with van der Waals surface area (Å²) in [5.74, 6) is 0. The molecule has 3 nitrogen and oxygen atoms in total. The van der Waals surface area contributed by atoms with E-state index in [1.807, 2.05) is 23.0 Å². The number of rotatable bonds is 3. The molecular formula is C12H14N2O. The highest BCUT2D eigenvalue weighted by molar-refractivity contribution is 5.25. The monoisotopic (exact) mass is 202 g/mol. The Bertz CT molecular complexity index is 448. The number of aryl methyl sites for hydroxylation is 1. The second-order valence-electron chi connectivity index (χ2n) is 3.63. The van der Waals surface area contributed by atoms with Gasteiger partial charge in [-0.05, 0) is 18.1 Å². The van der Waals surface area contributed by atoms with Crippen LogP contribution in [0.2, 0.25) is 0 Å². The van der Waals surface area contributed by atoms with E-state index in [-0.39, 0.29) is 6.61 Å². The molecule has 1 heterocycles. The molecule has 0 bridgehead atoms. The second kappa shape index (κ2) is 4.28. The predicted molar refractivity (Wildman–Crippen MR) is 58.4 cm³/mol. The molecule has 0 aliphatic heterocycles. The van der Waals surface area contributed by atoms with Crippen molar-refractivity contribution < 1.29 is 5.11 Å². The van der Waals surface area contributed by atoms with Crippen molar-refractivity contribution in [2.24, 2.45) is 0 Å². The number of nitrogens with zero attached hydrogens (tertiary/aromatic N) is 2. The molecule has 0 unspecified atom stereocenters. The maximum Gasteiger partial charge on any atom is 0.0712 e. The van der Waals surface area contributed by atoms with Crippen LogP contribution in [0, 0.1) is 6.92 Å². The number of benzene rings is 1. The van der Waals surface area contributed by atoms with Gasteiger partial charge in [0.2, 0.25) is 0 Å². The van der Waals surface area contributed by atoms with Gasteiger partial charge in [-0.1, -0.05) is 24.3 Å². The van der Waals surface area contributed by atoms with E-state index in [4.69, 9.17) is 5.11 Å². The zero-order valence-electron chi connectivity index (χ0n) is 8.72. The second-order valence-corrected chi connectivity index (χ2v) is 3.63. The van der Waals surface area contributed by atoms with Crippen LogP contribution in [0.15, 0.2) is 36.7 Å². The van der Waals surface area contributed by atoms with Gasteiger partial charge in [-0.2, -0.15) is 5.10 Å². The van der Waals surface area contributed by atoms with Gasteiger partial charge in [0.05, 0.1) is 19.3 Å². The lowest BCUT2D eigenvalue weighted by molar-refractivity contribution is 0.281. The molecule has 2 rings (SSSR count). The molecule has 0 fully saturated rings. The first-order valence-corrected chi connectivity index (χ1v) is 4.96. The molecule has 0 saturated carbocycles. The number of aromatic nitrogens is 2. The van der Waals surface area contributed by atoms with Crippen LogP contribution in [0.3, 0.4) is 0 Å². The molecule has 0 aliphatic rings. The summed E-state index contributed by atoms with van der Waals surface area (Å²) in [5.41, 5.74) is 3.37. The fourth-order valence-corrected chi connectivity index (χ4v) is 1.54. The average Bonchev–Trinajstić information content (AvgIpc) is 2.69. The van der Waals surface area contributed by atoms with E-state index in [0.29, 0.717) is 0 Å². The Kier molecular flexibility index (Phi) is 2.83. The van der Waals surface area contributed by atoms with Crippen molar-refractivity contribution in [1.29, 1.82) is 0 Å². The van der Waals surface area contributed by atoms with Gasteiger partial charge in [0, 0.05) is 11.8 Å². The van der Waals surface area contributed by atoms with Crippen LogP contribution in [0.4, 0.5) is 0 Å². The average molecular weight is 202 g/mol. The van der Waals surface area contributed by atoms with Crippen molar-refractivity contribution in [1.82, 2.24) is 9.78 Å². The molecule has 2 aromatic rings. The third-order valence-corrected chi connectivity index (χ3v) is 2.46. The quantitative estimate of drug-likeness (QED) is 0.823. The third kappa shape index (κ3) is 2.25. The van der Waals surface area contributed by atoms with Gasteiger partial charge in [0.25, 0.3) is 0 Å². The Morgan fingerprint density at radius 1 is 1.33 bits per heavy atom. The molecule has 0 amide bonds. The van der Waals surface area contributed by atoms with Gasteiger partial charge < -0.3 is 5.11 Å². The molecule has 0 spiro atoms. The molecule has 0 radical (unpaired) electrons. The van der Waals surface area contributed by atoms with Crippen molar-refractivity contribution in [3.05, 3.63) is 53.3 Å². The molecule has 1 aromatic carbocycles. The largest absolute Gasteiger partial charge is 0.392 e. The molecule has 15 heavy (non-hydrogen) atoms. The highest BCUT2D eigenvalue weighted by Gasteiger charge is 2.00. The zero-order chi connectivity index (χ0) is 10.7. The third-order valence-electron chi connectivity index (χ3n) is 2.46. The maximum absolute atomic E-state index is 8.92. The van der Waals surface area contributed by atoms with Gasteiger partial charge in [0.15, 0.2) is 0 Å². The van der Waals surface area contributed by atoms with Crippen molar-refractivity contribution in [2.75, 3.05) is 0 Å². The lowest BCUT2D eigenvalue weighted by Gasteiger charge is -2.04. The number of hydrogen-bond acceptors (Lipinski definition) is 2. The summed E-state index contributed by atoms with van der Waals surface area (Å²) < 4.78 is 1.84. The molecule has 1 N–H and O–H groups in total. The van der Waals surface area contributed by atoms with E-state index >= 15 is 0 Å². The molecule has 3 heteroatoms. The Balaban J connectivity index is 2.18. The van der Waals surface area contributed by atoms with Crippen molar-refractivity contribution in [3.8, 4) is 0 Å². The van der Waals surface area contributed by atoms with Crippen LogP contribution < -0.4 is 0 Å². The minimum absolute atomic E-state index is 0.0494. The lowest BCUT2D eigenvalue weighted by atomic mass is 10.1. The first-order chi connectivity index (χ1) is 7.29. The first kappa shape index (κ1) is 9.93. The van der Waals surface area contributed by atoms with Gasteiger partial charge in [-0.15, -0.1) is 0 Å². The topological polar surface area (TPSA) is 38.0 Å². The van der Waals surface area contributed by atoms with Crippen molar-refractivity contribution in [2.45, 2.75) is 20.1 Å².